The molecule has 8 nitrogen and oxygen atoms in total. The molecule has 0 N–H and O–H groups in total. The minimum Gasteiger partial charge on any atom is -0.462 e. The van der Waals surface area contributed by atoms with E-state index in [4.69, 9.17) is 4.74 Å². The molecule has 4 aromatic rings. The molecule has 35 heavy (non-hydrogen) atoms. The van der Waals surface area contributed by atoms with E-state index in [1.165, 1.54) is 19.1 Å². The predicted molar refractivity (Wildman–Crippen MR) is 117 cm³/mol. The molecule has 0 aliphatic carbocycles. The second-order valence-corrected chi connectivity index (χ2v) is 7.61. The Hall–Kier alpha value is -4.22. The summed E-state index contributed by atoms with van der Waals surface area (Å²) in [7, 11) is 1.76. The number of hydrogen-bond acceptors (Lipinski definition) is 5. The summed E-state index contributed by atoms with van der Waals surface area (Å²) in [6, 6.07) is 7.32. The number of aryl methyl sites for hydroxylation is 1. The third-order valence-electron chi connectivity index (χ3n) is 5.37. The first kappa shape index (κ1) is 23.9. The van der Waals surface area contributed by atoms with Crippen LogP contribution in [-0.4, -0.2) is 31.3 Å². The number of nitrogens with zero attached hydrogens (tertiary/aromatic N) is 4. The van der Waals surface area contributed by atoms with Crippen molar-refractivity contribution in [3.8, 4) is 5.69 Å². The second-order valence-electron chi connectivity index (χ2n) is 7.61. The van der Waals surface area contributed by atoms with Gasteiger partial charge in [0.15, 0.2) is 0 Å². The lowest BCUT2D eigenvalue weighted by Gasteiger charge is -2.16. The first-order valence-electron chi connectivity index (χ1n) is 10.3. The zero-order chi connectivity index (χ0) is 25.5. The second kappa shape index (κ2) is 8.85. The molecule has 0 bridgehead atoms. The summed E-state index contributed by atoms with van der Waals surface area (Å²) in [5.41, 5.74) is -3.59. The number of benzene rings is 2. The molecule has 0 unspecified atom stereocenters. The van der Waals surface area contributed by atoms with Crippen LogP contribution in [0.4, 0.5) is 17.6 Å². The van der Waals surface area contributed by atoms with E-state index >= 15 is 0 Å². The Balaban J connectivity index is 1.96. The minimum atomic E-state index is -5.08. The zero-order valence-electron chi connectivity index (χ0n) is 18.5. The number of hydrogen-bond donors (Lipinski definition) is 0. The zero-order valence-corrected chi connectivity index (χ0v) is 18.5. The van der Waals surface area contributed by atoms with Crippen molar-refractivity contribution in [2.24, 2.45) is 7.05 Å². The van der Waals surface area contributed by atoms with Crippen LogP contribution in [-0.2, 0) is 24.5 Å². The van der Waals surface area contributed by atoms with Gasteiger partial charge in [0, 0.05) is 13.2 Å². The standard InChI is InChI=1S/C23H18F4N4O4/c1-3-35-21(33)15-11-30(14-7-8-18-17(9-14)28-12-29(18)2)22(34)31(20(15)32)10-13-5-4-6-16(24)19(13)23(25,26)27/h4-9,11-12H,3,10H2,1-2H3. The summed E-state index contributed by atoms with van der Waals surface area (Å²) >= 11 is 0. The fraction of sp³-hybridized carbons (Fsp3) is 0.217. The van der Waals surface area contributed by atoms with Crippen LogP contribution in [0.3, 0.4) is 0 Å². The van der Waals surface area contributed by atoms with E-state index in [9.17, 15) is 31.9 Å². The van der Waals surface area contributed by atoms with Gasteiger partial charge in [0.1, 0.15) is 11.4 Å². The monoisotopic (exact) mass is 490 g/mol. The Morgan fingerprint density at radius 1 is 1.14 bits per heavy atom. The van der Waals surface area contributed by atoms with Crippen LogP contribution in [0.15, 0.2) is 58.5 Å². The van der Waals surface area contributed by atoms with Gasteiger partial charge in [-0.1, -0.05) is 12.1 Å². The van der Waals surface area contributed by atoms with Crippen LogP contribution in [0.1, 0.15) is 28.4 Å². The van der Waals surface area contributed by atoms with Gasteiger partial charge >= 0.3 is 17.8 Å². The number of imidazole rings is 1. The van der Waals surface area contributed by atoms with Crippen molar-refractivity contribution >= 4 is 17.0 Å². The van der Waals surface area contributed by atoms with Crippen molar-refractivity contribution in [1.29, 1.82) is 0 Å². The summed E-state index contributed by atoms with van der Waals surface area (Å²) in [6.45, 7) is 0.493. The van der Waals surface area contributed by atoms with Gasteiger partial charge in [-0.25, -0.2) is 19.0 Å². The van der Waals surface area contributed by atoms with Gasteiger partial charge < -0.3 is 9.30 Å². The predicted octanol–water partition coefficient (Wildman–Crippen LogP) is 3.27. The summed E-state index contributed by atoms with van der Waals surface area (Å²) < 4.78 is 62.6. The number of rotatable bonds is 5. The largest absolute Gasteiger partial charge is 0.462 e. The van der Waals surface area contributed by atoms with E-state index in [0.717, 1.165) is 28.4 Å². The third kappa shape index (κ3) is 4.34. The van der Waals surface area contributed by atoms with Crippen molar-refractivity contribution in [1.82, 2.24) is 18.7 Å². The van der Waals surface area contributed by atoms with Crippen molar-refractivity contribution in [2.75, 3.05) is 6.61 Å². The Bertz CT molecular complexity index is 1570. The van der Waals surface area contributed by atoms with Crippen LogP contribution in [0.2, 0.25) is 0 Å². The van der Waals surface area contributed by atoms with E-state index < -0.39 is 52.4 Å². The number of ether oxygens (including phenoxy) is 1. The van der Waals surface area contributed by atoms with Crippen LogP contribution in [0, 0.1) is 5.82 Å². The molecular formula is C23H18F4N4O4. The molecule has 2 aromatic carbocycles. The number of carbonyl (C=O) groups is 1. The molecule has 0 spiro atoms. The lowest BCUT2D eigenvalue weighted by molar-refractivity contribution is -0.140. The van der Waals surface area contributed by atoms with Gasteiger partial charge in [0.05, 0.1) is 41.8 Å². The molecule has 0 atom stereocenters. The first-order valence-corrected chi connectivity index (χ1v) is 10.3. The molecule has 0 amide bonds. The lowest BCUT2D eigenvalue weighted by atomic mass is 10.1. The highest BCUT2D eigenvalue weighted by Gasteiger charge is 2.37. The third-order valence-corrected chi connectivity index (χ3v) is 5.37. The average molecular weight is 490 g/mol. The Kier molecular flexibility index (Phi) is 6.05. The summed E-state index contributed by atoms with van der Waals surface area (Å²) in [5.74, 6) is -2.61. The number of alkyl halides is 3. The highest BCUT2D eigenvalue weighted by atomic mass is 19.4. The number of esters is 1. The van der Waals surface area contributed by atoms with Gasteiger partial charge in [-0.2, -0.15) is 13.2 Å². The fourth-order valence-electron chi connectivity index (χ4n) is 3.74. The molecule has 0 saturated heterocycles. The normalized spacial score (nSPS) is 11.7. The van der Waals surface area contributed by atoms with E-state index in [2.05, 4.69) is 4.98 Å². The molecule has 2 heterocycles. The maximum absolute atomic E-state index is 14.1. The molecule has 0 fully saturated rings. The number of halogens is 4. The molecule has 2 aromatic heterocycles. The fourth-order valence-corrected chi connectivity index (χ4v) is 3.74. The molecule has 182 valence electrons. The quantitative estimate of drug-likeness (QED) is 0.317. The molecule has 0 aliphatic heterocycles. The molecule has 0 aliphatic rings. The van der Waals surface area contributed by atoms with Crippen LogP contribution in [0.25, 0.3) is 16.7 Å². The van der Waals surface area contributed by atoms with Gasteiger partial charge in [0.25, 0.3) is 5.56 Å². The number of carbonyl (C=O) groups excluding carboxylic acids is 1. The van der Waals surface area contributed by atoms with Crippen molar-refractivity contribution in [3.63, 3.8) is 0 Å². The Morgan fingerprint density at radius 2 is 1.89 bits per heavy atom. The van der Waals surface area contributed by atoms with Crippen LogP contribution in [0.5, 0.6) is 0 Å². The topological polar surface area (TPSA) is 88.1 Å². The van der Waals surface area contributed by atoms with Gasteiger partial charge in [-0.05, 0) is 36.8 Å². The lowest BCUT2D eigenvalue weighted by Crippen LogP contribution is -2.42. The van der Waals surface area contributed by atoms with Crippen molar-refractivity contribution < 1.29 is 27.1 Å². The maximum Gasteiger partial charge on any atom is 0.419 e. The summed E-state index contributed by atoms with van der Waals surface area (Å²) in [4.78, 5) is 43.0. The molecular weight excluding hydrogens is 472 g/mol. The Morgan fingerprint density at radius 3 is 2.57 bits per heavy atom. The molecule has 0 radical (unpaired) electrons. The highest BCUT2D eigenvalue weighted by molar-refractivity contribution is 5.88. The number of aromatic nitrogens is 4. The van der Waals surface area contributed by atoms with Gasteiger partial charge in [-0.3, -0.25) is 13.9 Å². The van der Waals surface area contributed by atoms with Crippen LogP contribution >= 0.6 is 0 Å². The Labute approximate surface area is 194 Å². The smallest absolute Gasteiger partial charge is 0.419 e. The summed E-state index contributed by atoms with van der Waals surface area (Å²) in [6.07, 6.45) is -2.56. The van der Waals surface area contributed by atoms with Crippen LogP contribution < -0.4 is 11.2 Å². The van der Waals surface area contributed by atoms with Gasteiger partial charge in [-0.15, -0.1) is 0 Å². The van der Waals surface area contributed by atoms with Crippen molar-refractivity contribution in [2.45, 2.75) is 19.6 Å². The van der Waals surface area contributed by atoms with Gasteiger partial charge in [0.2, 0.25) is 0 Å². The van der Waals surface area contributed by atoms with E-state index in [1.54, 1.807) is 24.0 Å². The summed E-state index contributed by atoms with van der Waals surface area (Å²) in [5, 5.41) is 0. The number of fused-ring (bicyclic) bond motifs is 1. The van der Waals surface area contributed by atoms with Crippen molar-refractivity contribution in [3.05, 3.63) is 92.3 Å². The highest BCUT2D eigenvalue weighted by Crippen LogP contribution is 2.34. The SMILES string of the molecule is CCOC(=O)c1cn(-c2ccc3c(c2)ncn3C)c(=O)n(Cc2cccc(F)c2C(F)(F)F)c1=O. The first-order chi connectivity index (χ1) is 16.5. The van der Waals surface area contributed by atoms with E-state index in [0.29, 0.717) is 16.2 Å². The molecule has 12 heteroatoms. The maximum atomic E-state index is 14.1. The molecule has 4 rings (SSSR count). The van der Waals surface area contributed by atoms with E-state index in [1.807, 2.05) is 0 Å². The average Bonchev–Trinajstić information content (AvgIpc) is 3.16. The van der Waals surface area contributed by atoms with E-state index in [-0.39, 0.29) is 12.3 Å². The molecule has 0 saturated carbocycles. The minimum absolute atomic E-state index is 0.0839.